The van der Waals surface area contributed by atoms with E-state index in [9.17, 15) is 38.4 Å². The third-order valence-corrected chi connectivity index (χ3v) is 13.9. The van der Waals surface area contributed by atoms with Gasteiger partial charge in [0.15, 0.2) is 12.2 Å². The Labute approximate surface area is 378 Å². The molecule has 1 aromatic carbocycles. The Kier molecular flexibility index (Phi) is 17.0. The standard InChI is InChI=1S/C48H72N6O10/c1-11-29(6)39-45(59)53-24-16-21-35(53)42(56)50-38(30(7)26-33-18-13-12-14-19-33)44(58)52-23-15-20-34(52)41(55)49-37(27(2)3)31(8)47(61)63-32(9)43(57)54-25-17-22-36(54)48(62)64-40(28(4)5)46(60)51(39)10/h12-14,18-19,27-32,34-40H,11,15-17,20-26H2,1-10H3,(H,49,55)(H,50,56)/t29-,30?,31?,32?,34+,35+,36+,37?,38?,39-,40-/m1/s1. The average Bonchev–Trinajstić information content (AvgIpc) is 4.07. The molecular weight excluding hydrogens is 821 g/mol. The lowest BCUT2D eigenvalue weighted by Gasteiger charge is -2.38. The van der Waals surface area contributed by atoms with Crippen LogP contribution in [0.1, 0.15) is 113 Å². The number of amides is 6. The molecule has 5 unspecified atom stereocenters. The van der Waals surface area contributed by atoms with Crippen molar-refractivity contribution >= 4 is 47.4 Å². The first-order chi connectivity index (χ1) is 30.3. The van der Waals surface area contributed by atoms with E-state index < -0.39 is 114 Å². The number of ether oxygens (including phenoxy) is 2. The van der Waals surface area contributed by atoms with Crippen molar-refractivity contribution in [1.29, 1.82) is 0 Å². The Balaban J connectivity index is 1.55. The van der Waals surface area contributed by atoms with E-state index in [-0.39, 0.29) is 37.9 Å². The minimum atomic E-state index is -1.30. The molecule has 16 nitrogen and oxygen atoms in total. The van der Waals surface area contributed by atoms with Gasteiger partial charge < -0.3 is 39.7 Å². The molecule has 0 radical (unpaired) electrons. The molecule has 11 atom stereocenters. The van der Waals surface area contributed by atoms with Crippen molar-refractivity contribution in [3.63, 3.8) is 0 Å². The van der Waals surface area contributed by atoms with Crippen LogP contribution in [0.25, 0.3) is 0 Å². The van der Waals surface area contributed by atoms with Crippen LogP contribution in [-0.2, 0) is 54.3 Å². The highest BCUT2D eigenvalue weighted by Gasteiger charge is 2.47. The van der Waals surface area contributed by atoms with Crippen LogP contribution in [0.5, 0.6) is 0 Å². The van der Waals surface area contributed by atoms with Gasteiger partial charge >= 0.3 is 11.9 Å². The van der Waals surface area contributed by atoms with E-state index in [2.05, 4.69) is 10.6 Å². The number of benzene rings is 1. The Hall–Kier alpha value is -5.02. The van der Waals surface area contributed by atoms with Crippen LogP contribution in [0.2, 0.25) is 0 Å². The normalized spacial score (nSPS) is 30.8. The third kappa shape index (κ3) is 11.1. The first kappa shape index (κ1) is 50.0. The Morgan fingerprint density at radius 3 is 1.70 bits per heavy atom. The predicted molar refractivity (Wildman–Crippen MR) is 238 cm³/mol. The number of cyclic esters (lactones) is 2. The molecular formula is C48H72N6O10. The number of fused-ring (bicyclic) bond motifs is 3. The summed E-state index contributed by atoms with van der Waals surface area (Å²) in [7, 11) is 1.51. The van der Waals surface area contributed by atoms with E-state index in [1.165, 1.54) is 33.6 Å². The van der Waals surface area contributed by atoms with Gasteiger partial charge in [-0.1, -0.05) is 85.2 Å². The number of carbonyl (C=O) groups excluding carboxylic acids is 8. The number of carbonyl (C=O) groups is 8. The van der Waals surface area contributed by atoms with Crippen LogP contribution in [0.4, 0.5) is 0 Å². The topological polar surface area (TPSA) is 192 Å². The van der Waals surface area contributed by atoms with Gasteiger partial charge in [0.05, 0.1) is 5.92 Å². The van der Waals surface area contributed by atoms with Crippen molar-refractivity contribution < 1.29 is 47.8 Å². The van der Waals surface area contributed by atoms with Crippen molar-refractivity contribution in [2.75, 3.05) is 26.7 Å². The van der Waals surface area contributed by atoms with Gasteiger partial charge in [-0.25, -0.2) is 4.79 Å². The van der Waals surface area contributed by atoms with Gasteiger partial charge in [-0.15, -0.1) is 0 Å². The molecule has 0 spiro atoms. The van der Waals surface area contributed by atoms with Crippen molar-refractivity contribution in [1.82, 2.24) is 30.2 Å². The monoisotopic (exact) mass is 893 g/mol. The molecule has 4 fully saturated rings. The fourth-order valence-corrected chi connectivity index (χ4v) is 9.90. The number of hydrogen-bond donors (Lipinski definition) is 2. The van der Waals surface area contributed by atoms with E-state index in [4.69, 9.17) is 9.47 Å². The molecule has 4 saturated heterocycles. The third-order valence-electron chi connectivity index (χ3n) is 13.9. The van der Waals surface area contributed by atoms with Crippen LogP contribution >= 0.6 is 0 Å². The van der Waals surface area contributed by atoms with Gasteiger partial charge in [-0.05, 0) is 88.0 Å². The van der Waals surface area contributed by atoms with Gasteiger partial charge in [0.1, 0.15) is 30.2 Å². The second kappa shape index (κ2) is 21.8. The summed E-state index contributed by atoms with van der Waals surface area (Å²) in [5, 5.41) is 6.07. The molecule has 1 aromatic rings. The maximum Gasteiger partial charge on any atom is 0.329 e. The molecule has 16 heteroatoms. The highest BCUT2D eigenvalue weighted by atomic mass is 16.6. The Bertz CT molecular complexity index is 1880. The van der Waals surface area contributed by atoms with Crippen LogP contribution in [0.3, 0.4) is 0 Å². The SMILES string of the molecule is CC[C@@H](C)[C@@H]1C(=O)N2CCC[C@H]2C(=O)NC(C(C)Cc2ccccc2)C(=O)N2CCC[C@H]2C(=O)NC(C(C)C)C(C)C(=O)OC(C)C(=O)N2CCC[C@H]2C(=O)O[C@H](C(C)C)C(=O)N1C. The van der Waals surface area contributed by atoms with Gasteiger partial charge in [0.2, 0.25) is 23.6 Å². The largest absolute Gasteiger partial charge is 0.452 e. The average molecular weight is 893 g/mol. The Morgan fingerprint density at radius 2 is 1.16 bits per heavy atom. The second-order valence-corrected chi connectivity index (χ2v) is 19.2. The smallest absolute Gasteiger partial charge is 0.329 e. The fourth-order valence-electron chi connectivity index (χ4n) is 9.90. The number of rotatable bonds is 7. The molecule has 64 heavy (non-hydrogen) atoms. The van der Waals surface area contributed by atoms with Crippen molar-refractivity contribution in [3.05, 3.63) is 35.9 Å². The summed E-state index contributed by atoms with van der Waals surface area (Å²) in [4.78, 5) is 120. The van der Waals surface area contributed by atoms with Crippen LogP contribution in [0, 0.1) is 29.6 Å². The number of likely N-dealkylation sites (N-methyl/N-ethyl adjacent to an activating group) is 1. The second-order valence-electron chi connectivity index (χ2n) is 19.2. The summed E-state index contributed by atoms with van der Waals surface area (Å²) in [6.07, 6.45) is 0.895. The Morgan fingerprint density at radius 1 is 0.625 bits per heavy atom. The quantitative estimate of drug-likeness (QED) is 0.384. The molecule has 0 aliphatic carbocycles. The number of esters is 2. The van der Waals surface area contributed by atoms with Crippen molar-refractivity contribution in [2.24, 2.45) is 29.6 Å². The first-order valence-electron chi connectivity index (χ1n) is 23.5. The minimum Gasteiger partial charge on any atom is -0.452 e. The number of nitrogens with one attached hydrogen (secondary N) is 2. The lowest BCUT2D eigenvalue weighted by Crippen LogP contribution is -2.61. The van der Waals surface area contributed by atoms with Crippen LogP contribution < -0.4 is 10.6 Å². The molecule has 5 rings (SSSR count). The summed E-state index contributed by atoms with van der Waals surface area (Å²) < 4.78 is 11.7. The van der Waals surface area contributed by atoms with E-state index in [1.54, 1.807) is 20.8 Å². The summed E-state index contributed by atoms with van der Waals surface area (Å²) in [6.45, 7) is 16.6. The molecule has 4 heterocycles. The molecule has 354 valence electrons. The lowest BCUT2D eigenvalue weighted by atomic mass is 9.91. The summed E-state index contributed by atoms with van der Waals surface area (Å²) in [6, 6.07) is 3.94. The highest BCUT2D eigenvalue weighted by Crippen LogP contribution is 2.29. The molecule has 0 saturated carbocycles. The maximum atomic E-state index is 14.8. The van der Waals surface area contributed by atoms with Crippen LogP contribution in [-0.4, -0.2) is 142 Å². The zero-order valence-electron chi connectivity index (χ0n) is 39.5. The van der Waals surface area contributed by atoms with Crippen molar-refractivity contribution in [3.8, 4) is 0 Å². The minimum absolute atomic E-state index is 0.207. The van der Waals surface area contributed by atoms with E-state index >= 15 is 0 Å². The summed E-state index contributed by atoms with van der Waals surface area (Å²) in [5.41, 5.74) is 0.956. The van der Waals surface area contributed by atoms with Gasteiger partial charge in [-0.3, -0.25) is 33.6 Å². The maximum absolute atomic E-state index is 14.8. The fraction of sp³-hybridized carbons (Fsp3) is 0.708. The molecule has 6 amide bonds. The van der Waals surface area contributed by atoms with Crippen LogP contribution in [0.15, 0.2) is 30.3 Å². The van der Waals surface area contributed by atoms with E-state index in [0.717, 1.165) is 5.56 Å². The molecule has 4 aliphatic rings. The molecule has 4 aliphatic heterocycles. The molecule has 0 aromatic heterocycles. The molecule has 0 bridgehead atoms. The molecule has 2 N–H and O–H groups in total. The van der Waals surface area contributed by atoms with E-state index in [1.807, 2.05) is 65.0 Å². The van der Waals surface area contributed by atoms with Gasteiger partial charge in [-0.2, -0.15) is 0 Å². The summed E-state index contributed by atoms with van der Waals surface area (Å²) >= 11 is 0. The zero-order valence-corrected chi connectivity index (χ0v) is 39.5. The van der Waals surface area contributed by atoms with E-state index in [0.29, 0.717) is 44.9 Å². The van der Waals surface area contributed by atoms with Crippen molar-refractivity contribution in [2.45, 2.75) is 162 Å². The van der Waals surface area contributed by atoms with Gasteiger partial charge in [0.25, 0.3) is 11.8 Å². The predicted octanol–water partition coefficient (Wildman–Crippen LogP) is 3.49. The zero-order chi connectivity index (χ0) is 47.2. The lowest BCUT2D eigenvalue weighted by molar-refractivity contribution is -0.172. The highest BCUT2D eigenvalue weighted by molar-refractivity contribution is 5.97. The number of hydrogen-bond acceptors (Lipinski definition) is 10. The van der Waals surface area contributed by atoms with Gasteiger partial charge in [0, 0.05) is 32.7 Å². The summed E-state index contributed by atoms with van der Waals surface area (Å²) in [5.74, 6) is -6.94. The first-order valence-corrected chi connectivity index (χ1v) is 23.5. The number of nitrogens with zero attached hydrogens (tertiary/aromatic N) is 4.